The lowest BCUT2D eigenvalue weighted by Crippen LogP contribution is -2.53. The van der Waals surface area contributed by atoms with Gasteiger partial charge in [-0.2, -0.15) is 26.3 Å². The molecule has 1 fully saturated rings. The first-order valence-corrected chi connectivity index (χ1v) is 11.6. The van der Waals surface area contributed by atoms with Crippen LogP contribution >= 0.6 is 0 Å². The van der Waals surface area contributed by atoms with E-state index in [9.17, 15) is 44.7 Å². The summed E-state index contributed by atoms with van der Waals surface area (Å²) in [5.41, 5.74) is -5.90. The van der Waals surface area contributed by atoms with E-state index < -0.39 is 39.3 Å². The zero-order chi connectivity index (χ0) is 25.5. The normalized spacial score (nSPS) is 15.3. The van der Waals surface area contributed by atoms with Gasteiger partial charge in [-0.1, -0.05) is 18.2 Å². The topological polar surface area (TPSA) is 96.4 Å². The number of hydrogen-bond acceptors (Lipinski definition) is 5. The monoisotopic (exact) mass is 510 g/mol. The summed E-state index contributed by atoms with van der Waals surface area (Å²) in [5.74, 6) is -0.523. The molecule has 0 aliphatic heterocycles. The van der Waals surface area contributed by atoms with Crippen LogP contribution in [0.4, 0.5) is 32.0 Å². The number of hydrogen-bond donors (Lipinski definition) is 2. The lowest BCUT2D eigenvalue weighted by atomic mass is 9.92. The van der Waals surface area contributed by atoms with E-state index >= 15 is 0 Å². The minimum Gasteiger partial charge on any atom is -0.369 e. The number of halogens is 6. The van der Waals surface area contributed by atoms with Crippen molar-refractivity contribution >= 4 is 21.4 Å². The van der Waals surface area contributed by atoms with E-state index in [2.05, 4.69) is 10.3 Å². The highest BCUT2D eigenvalue weighted by Gasteiger charge is 2.71. The fourth-order valence-corrected chi connectivity index (χ4v) is 5.26. The summed E-state index contributed by atoms with van der Waals surface area (Å²) >= 11 is 0. The maximum Gasteiger partial charge on any atom is 0.430 e. The van der Waals surface area contributed by atoms with Crippen molar-refractivity contribution in [2.45, 2.75) is 49.2 Å². The zero-order valence-electron chi connectivity index (χ0n) is 17.7. The Balaban J connectivity index is 1.70. The van der Waals surface area contributed by atoms with Gasteiger partial charge in [-0.05, 0) is 48.9 Å². The van der Waals surface area contributed by atoms with Crippen LogP contribution in [0, 0.1) is 12.8 Å². The van der Waals surface area contributed by atoms with Crippen molar-refractivity contribution in [1.29, 1.82) is 0 Å². The van der Waals surface area contributed by atoms with Gasteiger partial charge >= 0.3 is 12.4 Å². The number of rotatable bonds is 7. The smallest absolute Gasteiger partial charge is 0.369 e. The number of anilines is 1. The molecule has 0 saturated heterocycles. The van der Waals surface area contributed by atoms with E-state index in [0.29, 0.717) is 23.3 Å². The third-order valence-corrected chi connectivity index (χ3v) is 7.23. The highest BCUT2D eigenvalue weighted by Crippen LogP contribution is 2.50. The van der Waals surface area contributed by atoms with Gasteiger partial charge in [0.2, 0.25) is 5.91 Å². The fourth-order valence-electron chi connectivity index (χ4n) is 3.39. The van der Waals surface area contributed by atoms with Crippen LogP contribution in [-0.4, -0.2) is 42.5 Å². The third kappa shape index (κ3) is 5.35. The number of pyridine rings is 1. The SMILES string of the molecule is Cc1cc(CC(=O)Nc2ccc(C(O)(C(F)(F)F)C(F)(F)F)cc2)cnc1S(=O)(=O)CC1CC1. The molecule has 34 heavy (non-hydrogen) atoms. The number of aryl methyl sites for hydroxylation is 1. The molecule has 2 N–H and O–H groups in total. The van der Waals surface area contributed by atoms with Gasteiger partial charge < -0.3 is 10.4 Å². The predicted molar refractivity (Wildman–Crippen MR) is 109 cm³/mol. The minimum absolute atomic E-state index is 0.00840. The molecule has 6 nitrogen and oxygen atoms in total. The summed E-state index contributed by atoms with van der Waals surface area (Å²) in [5, 5.41) is 11.6. The van der Waals surface area contributed by atoms with E-state index in [0.717, 1.165) is 25.0 Å². The second-order valence-electron chi connectivity index (χ2n) is 8.20. The molecular weight excluding hydrogens is 490 g/mol. The predicted octanol–water partition coefficient (Wildman–Crippen LogP) is 4.07. The van der Waals surface area contributed by atoms with Crippen LogP contribution in [0.3, 0.4) is 0 Å². The molecule has 0 bridgehead atoms. The average Bonchev–Trinajstić information content (AvgIpc) is 3.49. The van der Waals surface area contributed by atoms with E-state index in [4.69, 9.17) is 0 Å². The maximum absolute atomic E-state index is 13.0. The first-order chi connectivity index (χ1) is 15.5. The largest absolute Gasteiger partial charge is 0.430 e. The second-order valence-corrected chi connectivity index (χ2v) is 10.1. The van der Waals surface area contributed by atoms with Crippen molar-refractivity contribution in [1.82, 2.24) is 4.98 Å². The van der Waals surface area contributed by atoms with Crippen molar-refractivity contribution in [3.05, 3.63) is 53.2 Å². The quantitative estimate of drug-likeness (QED) is 0.548. The standard InChI is InChI=1S/C21H20F6N2O4S/c1-12-8-14(10-28-18(12)34(32,33)11-13-2-3-13)9-17(30)29-16-6-4-15(5-7-16)19(31,20(22,23)24)21(25,26)27/h4-8,10,13,31H,2-3,9,11H2,1H3,(H,29,30). The van der Waals surface area contributed by atoms with Gasteiger partial charge in [-0.25, -0.2) is 13.4 Å². The number of aromatic nitrogens is 1. The van der Waals surface area contributed by atoms with Gasteiger partial charge in [0, 0.05) is 17.4 Å². The lowest BCUT2D eigenvalue weighted by molar-refractivity contribution is -0.376. The summed E-state index contributed by atoms with van der Waals surface area (Å²) in [6, 6.07) is 3.91. The summed E-state index contributed by atoms with van der Waals surface area (Å²) in [6.07, 6.45) is -9.37. The van der Waals surface area contributed by atoms with E-state index in [1.54, 1.807) is 0 Å². The first-order valence-electron chi connectivity index (χ1n) is 9.99. The lowest BCUT2D eigenvalue weighted by Gasteiger charge is -2.32. The van der Waals surface area contributed by atoms with Crippen molar-refractivity contribution < 1.29 is 44.7 Å². The molecule has 1 aliphatic carbocycles. The number of carbonyl (C=O) groups excluding carboxylic acids is 1. The minimum atomic E-state index is -6.01. The third-order valence-electron chi connectivity index (χ3n) is 5.31. The number of benzene rings is 1. The van der Waals surface area contributed by atoms with Crippen LogP contribution in [-0.2, 0) is 26.7 Å². The van der Waals surface area contributed by atoms with Gasteiger partial charge in [-0.15, -0.1) is 0 Å². The number of sulfone groups is 1. The molecule has 1 aliphatic rings. The molecule has 1 aromatic carbocycles. The van der Waals surface area contributed by atoms with Crippen LogP contribution in [0.1, 0.15) is 29.5 Å². The van der Waals surface area contributed by atoms with E-state index in [-0.39, 0.29) is 28.8 Å². The van der Waals surface area contributed by atoms with Gasteiger partial charge in [0.05, 0.1) is 12.2 Å². The number of nitrogens with zero attached hydrogens (tertiary/aromatic N) is 1. The molecule has 1 amide bonds. The molecule has 2 aromatic rings. The Morgan fingerprint density at radius 3 is 2.12 bits per heavy atom. The Labute approximate surface area is 190 Å². The summed E-state index contributed by atoms with van der Waals surface area (Å²) in [6.45, 7) is 1.54. The Morgan fingerprint density at radius 2 is 1.65 bits per heavy atom. The first kappa shape index (κ1) is 25.9. The number of amides is 1. The van der Waals surface area contributed by atoms with Crippen LogP contribution in [0.2, 0.25) is 0 Å². The highest BCUT2D eigenvalue weighted by atomic mass is 32.2. The van der Waals surface area contributed by atoms with Crippen molar-refractivity contribution in [2.75, 3.05) is 11.1 Å². The summed E-state index contributed by atoms with van der Waals surface area (Å²) in [4.78, 5) is 16.2. The number of nitrogens with one attached hydrogen (secondary N) is 1. The molecule has 0 spiro atoms. The van der Waals surface area contributed by atoms with E-state index in [1.807, 2.05) is 0 Å². The fraction of sp³-hybridized carbons (Fsp3) is 0.429. The molecule has 186 valence electrons. The Morgan fingerprint density at radius 1 is 1.09 bits per heavy atom. The van der Waals surface area contributed by atoms with Crippen LogP contribution in [0.15, 0.2) is 41.6 Å². The molecule has 1 heterocycles. The van der Waals surface area contributed by atoms with Crippen molar-refractivity contribution in [3.8, 4) is 0 Å². The molecule has 13 heteroatoms. The zero-order valence-corrected chi connectivity index (χ0v) is 18.5. The van der Waals surface area contributed by atoms with Gasteiger partial charge in [0.25, 0.3) is 5.60 Å². The van der Waals surface area contributed by atoms with E-state index in [1.165, 1.54) is 19.2 Å². The Kier molecular flexibility index (Phi) is 6.74. The number of alkyl halides is 6. The Hall–Kier alpha value is -2.67. The maximum atomic E-state index is 13.0. The Bertz CT molecular complexity index is 1160. The van der Waals surface area contributed by atoms with Crippen molar-refractivity contribution in [2.24, 2.45) is 5.92 Å². The highest BCUT2D eigenvalue weighted by molar-refractivity contribution is 7.91. The van der Waals surface area contributed by atoms with Crippen molar-refractivity contribution in [3.63, 3.8) is 0 Å². The number of aliphatic hydroxyl groups is 1. The average molecular weight is 510 g/mol. The van der Waals surface area contributed by atoms with Gasteiger partial charge in [-0.3, -0.25) is 4.79 Å². The van der Waals surface area contributed by atoms with Crippen LogP contribution < -0.4 is 5.32 Å². The molecular formula is C21H20F6N2O4S. The molecule has 0 radical (unpaired) electrons. The summed E-state index contributed by atoms with van der Waals surface area (Å²) in [7, 11) is -3.55. The number of carbonyl (C=O) groups is 1. The van der Waals surface area contributed by atoms with Gasteiger partial charge in [0.15, 0.2) is 14.9 Å². The molecule has 1 aromatic heterocycles. The molecule has 1 saturated carbocycles. The molecule has 0 unspecified atom stereocenters. The van der Waals surface area contributed by atoms with Gasteiger partial charge in [0.1, 0.15) is 0 Å². The summed E-state index contributed by atoms with van der Waals surface area (Å²) < 4.78 is 103. The molecule has 0 atom stereocenters. The molecule has 3 rings (SSSR count). The van der Waals surface area contributed by atoms with Crippen LogP contribution in [0.5, 0.6) is 0 Å². The second kappa shape index (κ2) is 8.84. The van der Waals surface area contributed by atoms with Crippen LogP contribution in [0.25, 0.3) is 0 Å².